The molecule has 0 bridgehead atoms. The topological polar surface area (TPSA) is 43.4 Å². The zero-order valence-corrected chi connectivity index (χ0v) is 5.97. The van der Waals surface area contributed by atoms with Gasteiger partial charge in [0.25, 0.3) is 0 Å². The van der Waals surface area contributed by atoms with Gasteiger partial charge in [0.05, 0.1) is 12.4 Å². The van der Waals surface area contributed by atoms with Crippen molar-refractivity contribution in [3.05, 3.63) is 0 Å². The van der Waals surface area contributed by atoms with Crippen LogP contribution in [0.4, 0.5) is 0 Å². The summed E-state index contributed by atoms with van der Waals surface area (Å²) < 4.78 is 25.3. The van der Waals surface area contributed by atoms with Gasteiger partial charge in [0.15, 0.2) is 0 Å². The maximum Gasteiger partial charge on any atom is 0.140 e. The van der Waals surface area contributed by atoms with Crippen LogP contribution in [0.2, 0.25) is 0 Å². The molecule has 54 valence electrons. The molecule has 9 heavy (non-hydrogen) atoms. The third-order valence-electron chi connectivity index (χ3n) is 1.43. The van der Waals surface area contributed by atoms with E-state index in [9.17, 15) is 8.42 Å². The van der Waals surface area contributed by atoms with Gasteiger partial charge in [-0.05, 0) is 12.3 Å². The van der Waals surface area contributed by atoms with Gasteiger partial charge in [-0.25, -0.2) is 8.42 Å². The van der Waals surface area contributed by atoms with Crippen molar-refractivity contribution in [2.24, 2.45) is 5.92 Å². The molecule has 0 aliphatic carbocycles. The molecule has 1 fully saturated rings. The summed E-state index contributed by atoms with van der Waals surface area (Å²) >= 11 is 0. The van der Waals surface area contributed by atoms with Crippen LogP contribution in [0, 0.1) is 5.92 Å². The second-order valence-corrected chi connectivity index (χ2v) is 3.28. The van der Waals surface area contributed by atoms with Crippen molar-refractivity contribution in [1.82, 2.24) is 0 Å². The third kappa shape index (κ3) is 2.32. The molecule has 4 heteroatoms. The van der Waals surface area contributed by atoms with Gasteiger partial charge >= 0.3 is 0 Å². The Bertz CT molecular complexity index is 138. The highest BCUT2D eigenvalue weighted by Gasteiger charge is 2.15. The minimum Gasteiger partial charge on any atom is -0.381 e. The standard InChI is InChI=1S/C5H10O3S/c6-9(7)4-5-1-2-8-3-5/h5,9H,1-4H2. The average Bonchev–Trinajstić information content (AvgIpc) is 2.15. The molecule has 1 heterocycles. The van der Waals surface area contributed by atoms with Crippen molar-refractivity contribution in [3.8, 4) is 0 Å². The Labute approximate surface area is 56.0 Å². The van der Waals surface area contributed by atoms with Gasteiger partial charge in [-0.3, -0.25) is 0 Å². The first-order chi connectivity index (χ1) is 4.29. The largest absolute Gasteiger partial charge is 0.381 e. The van der Waals surface area contributed by atoms with Gasteiger partial charge in [-0.1, -0.05) is 0 Å². The molecule has 0 amide bonds. The van der Waals surface area contributed by atoms with Crippen LogP contribution in [0.5, 0.6) is 0 Å². The van der Waals surface area contributed by atoms with Crippen molar-refractivity contribution < 1.29 is 13.2 Å². The minimum atomic E-state index is -2.19. The smallest absolute Gasteiger partial charge is 0.140 e. The number of thiol groups is 1. The van der Waals surface area contributed by atoms with Crippen LogP contribution in [0.25, 0.3) is 0 Å². The van der Waals surface area contributed by atoms with Gasteiger partial charge in [0.2, 0.25) is 0 Å². The molecule has 1 rings (SSSR count). The Balaban J connectivity index is 2.27. The molecule has 0 N–H and O–H groups in total. The summed E-state index contributed by atoms with van der Waals surface area (Å²) in [7, 11) is -2.19. The normalized spacial score (nSPS) is 27.4. The van der Waals surface area contributed by atoms with E-state index >= 15 is 0 Å². The van der Waals surface area contributed by atoms with Crippen LogP contribution in [-0.4, -0.2) is 27.4 Å². The fourth-order valence-electron chi connectivity index (χ4n) is 0.938. The summed E-state index contributed by atoms with van der Waals surface area (Å²) in [4.78, 5) is 0. The summed E-state index contributed by atoms with van der Waals surface area (Å²) in [5.41, 5.74) is 0. The molecule has 1 unspecified atom stereocenters. The van der Waals surface area contributed by atoms with E-state index in [0.29, 0.717) is 12.4 Å². The molecular weight excluding hydrogens is 140 g/mol. The fraction of sp³-hybridized carbons (Fsp3) is 1.00. The first-order valence-electron chi connectivity index (χ1n) is 2.98. The molecule has 1 aliphatic heterocycles. The Morgan fingerprint density at radius 1 is 1.56 bits per heavy atom. The maximum atomic E-state index is 10.1. The van der Waals surface area contributed by atoms with Crippen LogP contribution in [0.1, 0.15) is 6.42 Å². The Morgan fingerprint density at radius 3 is 2.78 bits per heavy atom. The number of ether oxygens (including phenoxy) is 1. The highest BCUT2D eigenvalue weighted by molar-refractivity contribution is 7.72. The van der Waals surface area contributed by atoms with Crippen molar-refractivity contribution in [1.29, 1.82) is 0 Å². The van der Waals surface area contributed by atoms with Crippen LogP contribution < -0.4 is 0 Å². The molecule has 0 aromatic carbocycles. The van der Waals surface area contributed by atoms with E-state index in [1.54, 1.807) is 0 Å². The van der Waals surface area contributed by atoms with Crippen molar-refractivity contribution >= 4 is 10.7 Å². The van der Waals surface area contributed by atoms with Gasteiger partial charge in [-0.2, -0.15) is 0 Å². The summed E-state index contributed by atoms with van der Waals surface area (Å²) in [5, 5.41) is 0. The molecular formula is C5H10O3S. The van der Waals surface area contributed by atoms with E-state index < -0.39 is 10.7 Å². The molecule has 1 aliphatic rings. The highest BCUT2D eigenvalue weighted by Crippen LogP contribution is 2.11. The zero-order chi connectivity index (χ0) is 6.69. The van der Waals surface area contributed by atoms with Gasteiger partial charge < -0.3 is 4.74 Å². The van der Waals surface area contributed by atoms with Crippen LogP contribution >= 0.6 is 0 Å². The minimum absolute atomic E-state index is 0.270. The molecule has 1 atom stereocenters. The number of hydrogen-bond donors (Lipinski definition) is 1. The lowest BCUT2D eigenvalue weighted by Crippen LogP contribution is -2.06. The highest BCUT2D eigenvalue weighted by atomic mass is 32.2. The molecule has 0 radical (unpaired) electrons. The molecule has 0 saturated carbocycles. The second-order valence-electron chi connectivity index (χ2n) is 2.24. The lowest BCUT2D eigenvalue weighted by molar-refractivity contribution is 0.188. The summed E-state index contributed by atoms with van der Waals surface area (Å²) in [6.07, 6.45) is 0.906. The van der Waals surface area contributed by atoms with E-state index in [-0.39, 0.29) is 5.92 Å². The van der Waals surface area contributed by atoms with E-state index in [4.69, 9.17) is 4.74 Å². The van der Waals surface area contributed by atoms with E-state index in [0.717, 1.165) is 13.0 Å². The molecule has 0 aromatic rings. The van der Waals surface area contributed by atoms with Crippen LogP contribution in [0.3, 0.4) is 0 Å². The fourth-order valence-corrected chi connectivity index (χ4v) is 1.65. The Hall–Kier alpha value is -0.0900. The molecule has 0 aromatic heterocycles. The summed E-state index contributed by atoms with van der Waals surface area (Å²) in [6.45, 7) is 1.36. The lowest BCUT2D eigenvalue weighted by atomic mass is 10.2. The van der Waals surface area contributed by atoms with Gasteiger partial charge in [-0.15, -0.1) is 0 Å². The predicted octanol–water partition coefficient (Wildman–Crippen LogP) is -0.366. The van der Waals surface area contributed by atoms with Crippen LogP contribution in [-0.2, 0) is 15.4 Å². The number of hydrogen-bond acceptors (Lipinski definition) is 3. The SMILES string of the molecule is O=[SH](=O)CC1CCOC1. The second kappa shape index (κ2) is 3.17. The lowest BCUT2D eigenvalue weighted by Gasteiger charge is -1.97. The van der Waals surface area contributed by atoms with Gasteiger partial charge in [0.1, 0.15) is 10.7 Å². The Kier molecular flexibility index (Phi) is 2.48. The quantitative estimate of drug-likeness (QED) is 0.546. The van der Waals surface area contributed by atoms with Crippen LogP contribution in [0.15, 0.2) is 0 Å². The average molecular weight is 150 g/mol. The zero-order valence-electron chi connectivity index (χ0n) is 5.08. The first-order valence-corrected chi connectivity index (χ1v) is 4.35. The third-order valence-corrected chi connectivity index (χ3v) is 2.25. The summed E-state index contributed by atoms with van der Waals surface area (Å²) in [5.74, 6) is 0.570. The Morgan fingerprint density at radius 2 is 2.33 bits per heavy atom. The molecule has 1 saturated heterocycles. The van der Waals surface area contributed by atoms with E-state index in [1.165, 1.54) is 0 Å². The van der Waals surface area contributed by atoms with E-state index in [2.05, 4.69) is 0 Å². The van der Waals surface area contributed by atoms with Crippen molar-refractivity contribution in [2.75, 3.05) is 19.0 Å². The van der Waals surface area contributed by atoms with Crippen molar-refractivity contribution in [3.63, 3.8) is 0 Å². The molecule has 3 nitrogen and oxygen atoms in total. The number of rotatable bonds is 2. The molecule has 0 spiro atoms. The van der Waals surface area contributed by atoms with Gasteiger partial charge in [0, 0.05) is 6.61 Å². The monoisotopic (exact) mass is 150 g/mol. The van der Waals surface area contributed by atoms with Crippen molar-refractivity contribution in [2.45, 2.75) is 6.42 Å². The summed E-state index contributed by atoms with van der Waals surface area (Å²) in [6, 6.07) is 0. The van der Waals surface area contributed by atoms with E-state index in [1.807, 2.05) is 0 Å². The first kappa shape index (κ1) is 7.02. The maximum absolute atomic E-state index is 10.1. The predicted molar refractivity (Wildman–Crippen MR) is 34.1 cm³/mol.